The molecular weight excluding hydrogens is 220 g/mol. The van der Waals surface area contributed by atoms with Gasteiger partial charge in [-0.05, 0) is 19.3 Å². The number of carbonyl (C=O) groups excluding carboxylic acids is 1. The summed E-state index contributed by atoms with van der Waals surface area (Å²) in [5.41, 5.74) is 0.713. The van der Waals surface area contributed by atoms with Crippen molar-refractivity contribution in [3.8, 4) is 0 Å². The highest BCUT2D eigenvalue weighted by Gasteiger charge is 2.23. The fourth-order valence-corrected chi connectivity index (χ4v) is 1.92. The maximum absolute atomic E-state index is 11.4. The SMILES string of the molecule is COC(=O)c1ncc2cnn(C3CCC3)c2n1. The number of rotatable bonds is 2. The molecule has 1 aliphatic carbocycles. The van der Waals surface area contributed by atoms with Crippen molar-refractivity contribution in [3.63, 3.8) is 0 Å². The second-order valence-corrected chi connectivity index (χ2v) is 4.14. The summed E-state index contributed by atoms with van der Waals surface area (Å²) in [7, 11) is 1.32. The lowest BCUT2D eigenvalue weighted by molar-refractivity contribution is 0.0587. The first-order chi connectivity index (χ1) is 8.29. The Bertz CT molecular complexity index is 574. The number of methoxy groups -OCH3 is 1. The third-order valence-electron chi connectivity index (χ3n) is 3.12. The van der Waals surface area contributed by atoms with Crippen LogP contribution in [0.5, 0.6) is 0 Å². The molecule has 6 heteroatoms. The highest BCUT2D eigenvalue weighted by molar-refractivity contribution is 5.87. The predicted molar refractivity (Wildman–Crippen MR) is 59.6 cm³/mol. The van der Waals surface area contributed by atoms with E-state index in [2.05, 4.69) is 19.8 Å². The second kappa shape index (κ2) is 3.80. The summed E-state index contributed by atoms with van der Waals surface area (Å²) in [5.74, 6) is -0.436. The highest BCUT2D eigenvalue weighted by atomic mass is 16.5. The Morgan fingerprint density at radius 3 is 2.94 bits per heavy atom. The first-order valence-electron chi connectivity index (χ1n) is 5.58. The van der Waals surface area contributed by atoms with Crippen LogP contribution < -0.4 is 0 Å². The van der Waals surface area contributed by atoms with Gasteiger partial charge in [-0.3, -0.25) is 0 Å². The van der Waals surface area contributed by atoms with Gasteiger partial charge in [-0.2, -0.15) is 5.10 Å². The van der Waals surface area contributed by atoms with Crippen molar-refractivity contribution >= 4 is 17.0 Å². The summed E-state index contributed by atoms with van der Waals surface area (Å²) in [5, 5.41) is 5.16. The van der Waals surface area contributed by atoms with E-state index in [1.807, 2.05) is 4.68 Å². The molecular formula is C11H12N4O2. The Hall–Kier alpha value is -1.98. The van der Waals surface area contributed by atoms with Crippen LogP contribution in [0.3, 0.4) is 0 Å². The minimum atomic E-state index is -0.520. The van der Waals surface area contributed by atoms with Crippen molar-refractivity contribution < 1.29 is 9.53 Å². The monoisotopic (exact) mass is 232 g/mol. The number of hydrogen-bond donors (Lipinski definition) is 0. The van der Waals surface area contributed by atoms with Gasteiger partial charge in [0.05, 0.1) is 24.7 Å². The van der Waals surface area contributed by atoms with Gasteiger partial charge in [0.15, 0.2) is 5.65 Å². The topological polar surface area (TPSA) is 69.9 Å². The van der Waals surface area contributed by atoms with Crippen LogP contribution in [0.15, 0.2) is 12.4 Å². The Morgan fingerprint density at radius 2 is 2.29 bits per heavy atom. The van der Waals surface area contributed by atoms with E-state index in [9.17, 15) is 4.79 Å². The molecule has 0 spiro atoms. The fourth-order valence-electron chi connectivity index (χ4n) is 1.92. The van der Waals surface area contributed by atoms with Crippen molar-refractivity contribution in [2.24, 2.45) is 0 Å². The van der Waals surface area contributed by atoms with E-state index in [1.165, 1.54) is 13.5 Å². The fraction of sp³-hybridized carbons (Fsp3) is 0.455. The number of ether oxygens (including phenoxy) is 1. The third-order valence-corrected chi connectivity index (χ3v) is 3.12. The van der Waals surface area contributed by atoms with E-state index in [0.29, 0.717) is 11.7 Å². The average molecular weight is 232 g/mol. The minimum absolute atomic E-state index is 0.0843. The summed E-state index contributed by atoms with van der Waals surface area (Å²) in [6.07, 6.45) is 6.80. The van der Waals surface area contributed by atoms with Crippen molar-refractivity contribution in [1.82, 2.24) is 19.7 Å². The molecule has 1 aliphatic rings. The average Bonchev–Trinajstić information content (AvgIpc) is 2.69. The van der Waals surface area contributed by atoms with E-state index >= 15 is 0 Å². The molecule has 0 saturated heterocycles. The molecule has 1 saturated carbocycles. The van der Waals surface area contributed by atoms with Gasteiger partial charge in [-0.15, -0.1) is 0 Å². The molecule has 0 amide bonds. The third kappa shape index (κ3) is 1.56. The van der Waals surface area contributed by atoms with Gasteiger partial charge >= 0.3 is 5.97 Å². The van der Waals surface area contributed by atoms with Crippen LogP contribution >= 0.6 is 0 Å². The van der Waals surface area contributed by atoms with Crippen LogP contribution in [-0.4, -0.2) is 32.8 Å². The van der Waals surface area contributed by atoms with E-state index in [-0.39, 0.29) is 5.82 Å². The molecule has 0 bridgehead atoms. The zero-order chi connectivity index (χ0) is 11.8. The van der Waals surface area contributed by atoms with Gasteiger partial charge in [0.1, 0.15) is 0 Å². The zero-order valence-electron chi connectivity index (χ0n) is 9.46. The molecule has 0 unspecified atom stereocenters. The zero-order valence-corrected chi connectivity index (χ0v) is 9.46. The summed E-state index contributed by atoms with van der Waals surface area (Å²) >= 11 is 0. The minimum Gasteiger partial charge on any atom is -0.463 e. The molecule has 17 heavy (non-hydrogen) atoms. The lowest BCUT2D eigenvalue weighted by Gasteiger charge is -2.25. The van der Waals surface area contributed by atoms with E-state index in [1.54, 1.807) is 12.4 Å². The largest absolute Gasteiger partial charge is 0.463 e. The van der Waals surface area contributed by atoms with Crippen LogP contribution in [0, 0.1) is 0 Å². The smallest absolute Gasteiger partial charge is 0.376 e. The van der Waals surface area contributed by atoms with Gasteiger partial charge in [-0.1, -0.05) is 0 Å². The van der Waals surface area contributed by atoms with Gasteiger partial charge in [0, 0.05) is 6.20 Å². The highest BCUT2D eigenvalue weighted by Crippen LogP contribution is 2.32. The molecule has 0 aliphatic heterocycles. The number of carbonyl (C=O) groups is 1. The van der Waals surface area contributed by atoms with Crippen molar-refractivity contribution in [1.29, 1.82) is 0 Å². The molecule has 0 aromatic carbocycles. The summed E-state index contributed by atoms with van der Waals surface area (Å²) < 4.78 is 6.49. The molecule has 2 heterocycles. The molecule has 2 aromatic rings. The summed E-state index contributed by atoms with van der Waals surface area (Å²) in [6, 6.07) is 0.410. The molecule has 88 valence electrons. The van der Waals surface area contributed by atoms with E-state index < -0.39 is 5.97 Å². The molecule has 0 atom stereocenters. The Balaban J connectivity index is 2.09. The number of esters is 1. The predicted octanol–water partition coefficient (Wildman–Crippen LogP) is 1.34. The van der Waals surface area contributed by atoms with E-state index in [4.69, 9.17) is 0 Å². The standard InChI is InChI=1S/C11H12N4O2/c1-17-11(16)9-12-5-7-6-13-15(10(7)14-9)8-3-2-4-8/h5-6,8H,2-4H2,1H3. The Labute approximate surface area is 97.6 Å². The van der Waals surface area contributed by atoms with Crippen LogP contribution in [0.2, 0.25) is 0 Å². The lowest BCUT2D eigenvalue weighted by Crippen LogP contribution is -2.19. The van der Waals surface area contributed by atoms with Crippen molar-refractivity contribution in [2.75, 3.05) is 7.11 Å². The number of hydrogen-bond acceptors (Lipinski definition) is 5. The first kappa shape index (κ1) is 10.2. The quantitative estimate of drug-likeness (QED) is 0.731. The van der Waals surface area contributed by atoms with Gasteiger partial charge in [-0.25, -0.2) is 19.4 Å². The lowest BCUT2D eigenvalue weighted by atomic mass is 9.93. The number of nitrogens with zero attached hydrogens (tertiary/aromatic N) is 4. The van der Waals surface area contributed by atoms with Crippen LogP contribution in [0.1, 0.15) is 35.9 Å². The van der Waals surface area contributed by atoms with Gasteiger partial charge in [0.2, 0.25) is 5.82 Å². The van der Waals surface area contributed by atoms with Crippen LogP contribution in [0.25, 0.3) is 11.0 Å². The normalized spacial score (nSPS) is 15.8. The van der Waals surface area contributed by atoms with Crippen LogP contribution in [-0.2, 0) is 4.74 Å². The Kier molecular flexibility index (Phi) is 2.28. The van der Waals surface area contributed by atoms with Crippen molar-refractivity contribution in [2.45, 2.75) is 25.3 Å². The molecule has 1 fully saturated rings. The van der Waals surface area contributed by atoms with Gasteiger partial charge < -0.3 is 4.74 Å². The second-order valence-electron chi connectivity index (χ2n) is 4.14. The molecule has 2 aromatic heterocycles. The number of fused-ring (bicyclic) bond motifs is 1. The summed E-state index contributed by atoms with van der Waals surface area (Å²) in [6.45, 7) is 0. The molecule has 3 rings (SSSR count). The summed E-state index contributed by atoms with van der Waals surface area (Å²) in [4.78, 5) is 19.5. The van der Waals surface area contributed by atoms with Crippen LogP contribution in [0.4, 0.5) is 0 Å². The molecule has 0 N–H and O–H groups in total. The number of aromatic nitrogens is 4. The van der Waals surface area contributed by atoms with E-state index in [0.717, 1.165) is 18.2 Å². The van der Waals surface area contributed by atoms with Gasteiger partial charge in [0.25, 0.3) is 0 Å². The molecule has 6 nitrogen and oxygen atoms in total. The first-order valence-corrected chi connectivity index (χ1v) is 5.58. The maximum Gasteiger partial charge on any atom is 0.376 e. The molecule has 0 radical (unpaired) electrons. The van der Waals surface area contributed by atoms with Crippen molar-refractivity contribution in [3.05, 3.63) is 18.2 Å². The maximum atomic E-state index is 11.4. The Morgan fingerprint density at radius 1 is 1.47 bits per heavy atom.